The maximum atomic E-state index is 13.5. The Kier molecular flexibility index (Phi) is 59.9. The molecule has 19 nitrogen and oxygen atoms in total. The number of carbonyl (C=O) groups is 1. The Labute approximate surface area is 625 Å². The van der Waals surface area contributed by atoms with Gasteiger partial charge in [0.2, 0.25) is 5.91 Å². The summed E-state index contributed by atoms with van der Waals surface area (Å²) in [5, 5.41) is 121. The number of allylic oxidation sites excluding steroid dienone is 5. The number of hydrogen-bond acceptors (Lipinski definition) is 18. The predicted molar refractivity (Wildman–Crippen MR) is 411 cm³/mol. The van der Waals surface area contributed by atoms with Crippen LogP contribution in [0.3, 0.4) is 0 Å². The summed E-state index contributed by atoms with van der Waals surface area (Å²) in [6.45, 7) is 1.78. The van der Waals surface area contributed by atoms with Gasteiger partial charge in [-0.15, -0.1) is 0 Å². The molecule has 103 heavy (non-hydrogen) atoms. The Balaban J connectivity index is 1.37. The fourth-order valence-corrected chi connectivity index (χ4v) is 14.6. The second-order valence-corrected chi connectivity index (χ2v) is 30.6. The minimum Gasteiger partial charge on any atom is -0.394 e. The Morgan fingerprint density at radius 1 is 0.340 bits per heavy atom. The minimum absolute atomic E-state index is 0.238. The number of unbranched alkanes of at least 4 members (excludes halogenated alkanes) is 49. The van der Waals surface area contributed by atoms with Crippen molar-refractivity contribution < 1.29 is 89.4 Å². The van der Waals surface area contributed by atoms with E-state index in [0.717, 1.165) is 38.5 Å². The third-order valence-corrected chi connectivity index (χ3v) is 21.4. The van der Waals surface area contributed by atoms with Crippen LogP contribution < -0.4 is 5.32 Å². The van der Waals surface area contributed by atoms with E-state index in [2.05, 4.69) is 43.5 Å². The van der Waals surface area contributed by atoms with Gasteiger partial charge in [-0.2, -0.15) is 0 Å². The summed E-state index contributed by atoms with van der Waals surface area (Å²) < 4.78 is 34.5. The van der Waals surface area contributed by atoms with Gasteiger partial charge in [-0.3, -0.25) is 4.79 Å². The molecular formula is C84H157NO18. The lowest BCUT2D eigenvalue weighted by Crippen LogP contribution is -2.66. The molecule has 0 aromatic carbocycles. The quantitative estimate of drug-likeness (QED) is 0.0199. The number of aliphatic hydroxyl groups excluding tert-OH is 11. The molecule has 0 bridgehead atoms. The van der Waals surface area contributed by atoms with Crippen LogP contribution in [0.4, 0.5) is 0 Å². The summed E-state index contributed by atoms with van der Waals surface area (Å²) in [6, 6.07) is -0.991. The van der Waals surface area contributed by atoms with Gasteiger partial charge in [0.25, 0.3) is 0 Å². The van der Waals surface area contributed by atoms with Gasteiger partial charge in [0.05, 0.1) is 38.6 Å². The molecule has 3 aliphatic heterocycles. The molecule has 0 aromatic heterocycles. The van der Waals surface area contributed by atoms with Crippen LogP contribution in [0.25, 0.3) is 0 Å². The predicted octanol–water partition coefficient (Wildman–Crippen LogP) is 15.1. The van der Waals surface area contributed by atoms with Crippen molar-refractivity contribution in [2.24, 2.45) is 0 Å². The van der Waals surface area contributed by atoms with Crippen molar-refractivity contribution in [3.05, 3.63) is 36.5 Å². The standard InChI is InChI=1S/C84H157NO18/c1-3-5-7-9-11-13-15-17-19-21-23-25-27-29-31-32-33-34-36-37-39-41-43-45-47-49-51-53-55-57-59-61-68(89)67(85-72(90)62-60-58-56-54-52-50-48-46-44-42-40-38-35-30-28-26-24-22-20-18-16-14-12-10-8-6-4-2)66-98-82-78(96)75(93)80(70(64-87)100-82)103-84-79(97)76(94)81(71(65-88)101-84)102-83-77(95)74(92)73(91)69(63-86)99-83/h22,24,51,53,59,61,67-71,73-84,86-89,91-97H,3-21,23,25-50,52,54-58,60,62-66H2,1-2H3,(H,85,90)/b24-22-,53-51+,61-59+. The van der Waals surface area contributed by atoms with E-state index in [9.17, 15) is 61.0 Å². The zero-order valence-electron chi connectivity index (χ0n) is 65.1. The van der Waals surface area contributed by atoms with Crippen molar-refractivity contribution in [3.8, 4) is 0 Å². The van der Waals surface area contributed by atoms with Gasteiger partial charge in [-0.1, -0.05) is 333 Å². The molecular weight excluding hydrogens is 1310 g/mol. The molecule has 1 amide bonds. The highest BCUT2D eigenvalue weighted by Gasteiger charge is 2.54. The number of ether oxygens (including phenoxy) is 6. The summed E-state index contributed by atoms with van der Waals surface area (Å²) in [7, 11) is 0. The van der Waals surface area contributed by atoms with E-state index >= 15 is 0 Å². The summed E-state index contributed by atoms with van der Waals surface area (Å²) in [5.74, 6) is -0.279. The summed E-state index contributed by atoms with van der Waals surface area (Å²) in [6.07, 6.45) is 54.4. The normalized spacial score (nSPS) is 26.2. The summed E-state index contributed by atoms with van der Waals surface area (Å²) >= 11 is 0. The fraction of sp³-hybridized carbons (Fsp3) is 0.917. The topological polar surface area (TPSA) is 307 Å². The first-order chi connectivity index (χ1) is 50.3. The molecule has 3 heterocycles. The number of rotatable bonds is 69. The van der Waals surface area contributed by atoms with Crippen molar-refractivity contribution in [1.29, 1.82) is 0 Å². The smallest absolute Gasteiger partial charge is 0.220 e. The average Bonchev–Trinajstić information content (AvgIpc) is 0.781. The van der Waals surface area contributed by atoms with E-state index in [4.69, 9.17) is 28.4 Å². The monoisotopic (exact) mass is 1470 g/mol. The van der Waals surface area contributed by atoms with Crippen LogP contribution in [0.1, 0.15) is 361 Å². The maximum Gasteiger partial charge on any atom is 0.220 e. The van der Waals surface area contributed by atoms with Crippen LogP contribution >= 0.6 is 0 Å². The van der Waals surface area contributed by atoms with E-state index in [1.165, 1.54) is 289 Å². The maximum absolute atomic E-state index is 13.5. The largest absolute Gasteiger partial charge is 0.394 e. The van der Waals surface area contributed by atoms with Crippen molar-refractivity contribution in [3.63, 3.8) is 0 Å². The highest BCUT2D eigenvalue weighted by atomic mass is 16.8. The van der Waals surface area contributed by atoms with E-state index < -0.39 is 124 Å². The fourth-order valence-electron chi connectivity index (χ4n) is 14.6. The average molecular weight is 1470 g/mol. The molecule has 3 rings (SSSR count). The zero-order valence-corrected chi connectivity index (χ0v) is 65.1. The molecule has 17 unspecified atom stereocenters. The molecule has 0 spiro atoms. The van der Waals surface area contributed by atoms with E-state index in [1.807, 2.05) is 6.08 Å². The van der Waals surface area contributed by atoms with Gasteiger partial charge < -0.3 is 89.9 Å². The number of nitrogens with one attached hydrogen (secondary N) is 1. The third-order valence-electron chi connectivity index (χ3n) is 21.4. The molecule has 0 radical (unpaired) electrons. The highest BCUT2D eigenvalue weighted by molar-refractivity contribution is 5.76. The highest BCUT2D eigenvalue weighted by Crippen LogP contribution is 2.33. The Morgan fingerprint density at radius 2 is 0.621 bits per heavy atom. The number of carbonyl (C=O) groups excluding carboxylic acids is 1. The van der Waals surface area contributed by atoms with Crippen molar-refractivity contribution >= 4 is 5.91 Å². The lowest BCUT2D eigenvalue weighted by atomic mass is 9.96. The Bertz CT molecular complexity index is 2000. The zero-order chi connectivity index (χ0) is 74.6. The molecule has 606 valence electrons. The first-order valence-electron chi connectivity index (χ1n) is 42.7. The first kappa shape index (κ1) is 95.2. The molecule has 3 aliphatic rings. The first-order valence-corrected chi connectivity index (χ1v) is 42.7. The van der Waals surface area contributed by atoms with Gasteiger partial charge >= 0.3 is 0 Å². The van der Waals surface area contributed by atoms with Gasteiger partial charge in [-0.25, -0.2) is 0 Å². The molecule has 12 N–H and O–H groups in total. The van der Waals surface area contributed by atoms with Gasteiger partial charge in [0.1, 0.15) is 73.2 Å². The van der Waals surface area contributed by atoms with E-state index in [-0.39, 0.29) is 18.9 Å². The van der Waals surface area contributed by atoms with Crippen LogP contribution in [0, 0.1) is 0 Å². The van der Waals surface area contributed by atoms with Crippen LogP contribution in [-0.2, 0) is 33.2 Å². The van der Waals surface area contributed by atoms with Crippen molar-refractivity contribution in [2.75, 3.05) is 26.4 Å². The molecule has 0 aromatic rings. The number of aliphatic hydroxyl groups is 11. The minimum atomic E-state index is -1.98. The van der Waals surface area contributed by atoms with Crippen LogP contribution in [0.15, 0.2) is 36.5 Å². The van der Waals surface area contributed by atoms with Crippen molar-refractivity contribution in [2.45, 2.75) is 465 Å². The number of amides is 1. The number of hydrogen-bond donors (Lipinski definition) is 12. The molecule has 3 saturated heterocycles. The van der Waals surface area contributed by atoms with E-state index in [1.54, 1.807) is 6.08 Å². The summed E-state index contributed by atoms with van der Waals surface area (Å²) in [5.41, 5.74) is 0. The molecule has 17 atom stereocenters. The van der Waals surface area contributed by atoms with Crippen molar-refractivity contribution in [1.82, 2.24) is 5.32 Å². The molecule has 0 aliphatic carbocycles. The van der Waals surface area contributed by atoms with Crippen LogP contribution in [0.5, 0.6) is 0 Å². The van der Waals surface area contributed by atoms with E-state index in [0.29, 0.717) is 12.8 Å². The summed E-state index contributed by atoms with van der Waals surface area (Å²) in [4.78, 5) is 13.5. The van der Waals surface area contributed by atoms with Gasteiger partial charge in [0.15, 0.2) is 18.9 Å². The van der Waals surface area contributed by atoms with Gasteiger partial charge in [-0.05, 0) is 57.8 Å². The SMILES string of the molecule is CCCCCCCCCC/C=C\CCCCCCCCCCCCCCCCCC(=O)NC(COC1OC(CO)C(OC2OC(CO)C(OC3OC(CO)C(O)C(O)C3O)C(O)C2O)C(O)C1O)C(O)/C=C/CC/C=C/CCCCCCCCCCCCCCCCCCCCCCCCCCC. The lowest BCUT2D eigenvalue weighted by molar-refractivity contribution is -0.379. The van der Waals surface area contributed by atoms with Crippen LogP contribution in [0.2, 0.25) is 0 Å². The third kappa shape index (κ3) is 44.5. The molecule has 0 saturated carbocycles. The second kappa shape index (κ2) is 64.8. The lowest BCUT2D eigenvalue weighted by Gasteiger charge is -2.48. The molecule has 19 heteroatoms. The Hall–Kier alpha value is -1.99. The van der Waals surface area contributed by atoms with Gasteiger partial charge in [0, 0.05) is 6.42 Å². The second-order valence-electron chi connectivity index (χ2n) is 30.6. The van der Waals surface area contributed by atoms with Crippen LogP contribution in [-0.4, -0.2) is 193 Å². The Morgan fingerprint density at radius 3 is 0.971 bits per heavy atom. The molecule has 3 fully saturated rings.